The van der Waals surface area contributed by atoms with Crippen LogP contribution in [0.3, 0.4) is 0 Å². The lowest BCUT2D eigenvalue weighted by Crippen LogP contribution is -2.47. The summed E-state index contributed by atoms with van der Waals surface area (Å²) in [6, 6.07) is 7.61. The number of ether oxygens (including phenoxy) is 1. The topological polar surface area (TPSA) is 53.7 Å². The fraction of sp³-hybridized carbons (Fsp3) is 0.714. The molecule has 4 nitrogen and oxygen atoms in total. The fourth-order valence-corrected chi connectivity index (χ4v) is 3.99. The van der Waals surface area contributed by atoms with Gasteiger partial charge in [0.05, 0.1) is 18.9 Å². The van der Waals surface area contributed by atoms with Crippen LogP contribution in [0.1, 0.15) is 41.5 Å². The number of para-hydroxylation sites is 2. The number of nitrogens with two attached hydrogens (primary N) is 1. The van der Waals surface area contributed by atoms with E-state index in [1.807, 2.05) is 24.3 Å². The molecule has 0 atom stereocenters. The number of hydrogen-bond donors (Lipinski definition) is 1. The van der Waals surface area contributed by atoms with Crippen LogP contribution in [-0.4, -0.2) is 36.0 Å². The number of hydrogen-bond acceptors (Lipinski definition) is 4. The van der Waals surface area contributed by atoms with Gasteiger partial charge in [-0.1, -0.05) is 53.7 Å². The minimum atomic E-state index is -1.87. The monoisotopic (exact) mass is 411 g/mol. The third-order valence-electron chi connectivity index (χ3n) is 6.09. The van der Waals surface area contributed by atoms with Gasteiger partial charge in [-0.2, -0.15) is 0 Å². The molecule has 1 aromatic rings. The van der Waals surface area contributed by atoms with Crippen molar-refractivity contribution in [1.29, 1.82) is 0 Å². The zero-order valence-corrected chi connectivity index (χ0v) is 21.1. The first-order valence-corrected chi connectivity index (χ1v) is 15.7. The second-order valence-corrected chi connectivity index (χ2v) is 20.0. The molecule has 6 heteroatoms. The second-order valence-electron chi connectivity index (χ2n) is 10.4. The average molecular weight is 412 g/mol. The molecule has 1 aromatic carbocycles. The van der Waals surface area contributed by atoms with Crippen molar-refractivity contribution >= 4 is 22.3 Å². The van der Waals surface area contributed by atoms with Crippen LogP contribution < -0.4 is 10.5 Å². The lowest BCUT2D eigenvalue weighted by Gasteiger charge is -2.39. The van der Waals surface area contributed by atoms with Gasteiger partial charge in [-0.25, -0.2) is 0 Å². The molecule has 156 valence electrons. The standard InChI is InChI=1S/C21H41NO3Si2/c1-20(2,3)26(7,8)23-15-17(16-24-27(9,10)21(4,5)6)25-19-14-12-11-13-18(19)22/h11-14,17H,15-16,22H2,1-10H3. The highest BCUT2D eigenvalue weighted by atomic mass is 28.4. The molecule has 0 spiro atoms. The molecule has 0 amide bonds. The third-order valence-corrected chi connectivity index (χ3v) is 15.1. The Kier molecular flexibility index (Phi) is 7.78. The molecule has 0 aliphatic carbocycles. The first-order valence-electron chi connectivity index (χ1n) is 9.86. The van der Waals surface area contributed by atoms with Crippen LogP contribution in [0.5, 0.6) is 5.75 Å². The van der Waals surface area contributed by atoms with E-state index in [0.717, 1.165) is 0 Å². The molecule has 0 fully saturated rings. The molecule has 0 aliphatic heterocycles. The summed E-state index contributed by atoms with van der Waals surface area (Å²) in [6.07, 6.45) is -0.182. The smallest absolute Gasteiger partial charge is 0.192 e. The highest BCUT2D eigenvalue weighted by Crippen LogP contribution is 2.38. The van der Waals surface area contributed by atoms with E-state index < -0.39 is 16.6 Å². The van der Waals surface area contributed by atoms with Gasteiger partial charge in [-0.05, 0) is 48.4 Å². The van der Waals surface area contributed by atoms with E-state index in [1.165, 1.54) is 0 Å². The molecule has 0 unspecified atom stereocenters. The summed E-state index contributed by atoms with van der Waals surface area (Å²) in [5, 5.41) is 0.313. The van der Waals surface area contributed by atoms with Crippen molar-refractivity contribution in [2.75, 3.05) is 18.9 Å². The van der Waals surface area contributed by atoms with Crippen molar-refractivity contribution in [3.8, 4) is 5.75 Å². The van der Waals surface area contributed by atoms with Crippen LogP contribution in [0.15, 0.2) is 24.3 Å². The second kappa shape index (κ2) is 8.68. The summed E-state index contributed by atoms with van der Waals surface area (Å²) in [5.41, 5.74) is 6.72. The van der Waals surface area contributed by atoms with Gasteiger partial charge in [0, 0.05) is 0 Å². The van der Waals surface area contributed by atoms with Crippen molar-refractivity contribution in [2.24, 2.45) is 0 Å². The number of anilines is 1. The number of benzene rings is 1. The molecule has 2 N–H and O–H groups in total. The summed E-state index contributed by atoms with van der Waals surface area (Å²) in [7, 11) is -3.73. The van der Waals surface area contributed by atoms with Gasteiger partial charge in [-0.15, -0.1) is 0 Å². The fourth-order valence-electron chi connectivity index (χ4n) is 1.92. The van der Waals surface area contributed by atoms with Gasteiger partial charge in [0.25, 0.3) is 0 Å². The van der Waals surface area contributed by atoms with Gasteiger partial charge in [-0.3, -0.25) is 0 Å². The van der Waals surface area contributed by atoms with Crippen LogP contribution in [-0.2, 0) is 8.85 Å². The van der Waals surface area contributed by atoms with Crippen molar-refractivity contribution in [1.82, 2.24) is 0 Å². The minimum Gasteiger partial charge on any atom is -0.484 e. The number of nitrogen functional groups attached to an aromatic ring is 1. The Morgan fingerprint density at radius 3 is 1.59 bits per heavy atom. The van der Waals surface area contributed by atoms with Gasteiger partial charge in [0.2, 0.25) is 0 Å². The van der Waals surface area contributed by atoms with Gasteiger partial charge < -0.3 is 19.3 Å². The Hall–Kier alpha value is -0.826. The maximum Gasteiger partial charge on any atom is 0.192 e. The van der Waals surface area contributed by atoms with E-state index >= 15 is 0 Å². The van der Waals surface area contributed by atoms with Crippen LogP contribution in [0, 0.1) is 0 Å². The molecular formula is C21H41NO3Si2. The highest BCUT2D eigenvalue weighted by molar-refractivity contribution is 6.74. The van der Waals surface area contributed by atoms with Gasteiger partial charge in [0.15, 0.2) is 16.6 Å². The summed E-state index contributed by atoms with van der Waals surface area (Å²) < 4.78 is 19.1. The Bertz CT molecular complexity index is 574. The third kappa shape index (κ3) is 6.93. The molecule has 0 bridgehead atoms. The largest absolute Gasteiger partial charge is 0.484 e. The first kappa shape index (κ1) is 24.2. The Morgan fingerprint density at radius 2 is 1.22 bits per heavy atom. The lowest BCUT2D eigenvalue weighted by atomic mass is 10.2. The molecule has 1 rings (SSSR count). The zero-order valence-electron chi connectivity index (χ0n) is 19.1. The van der Waals surface area contributed by atoms with Crippen molar-refractivity contribution in [3.63, 3.8) is 0 Å². The lowest BCUT2D eigenvalue weighted by molar-refractivity contribution is 0.0711. The molecule has 0 heterocycles. The number of rotatable bonds is 8. The predicted molar refractivity (Wildman–Crippen MR) is 122 cm³/mol. The van der Waals surface area contributed by atoms with E-state index in [2.05, 4.69) is 67.7 Å². The van der Waals surface area contributed by atoms with Crippen LogP contribution in [0.4, 0.5) is 5.69 Å². The summed E-state index contributed by atoms with van der Waals surface area (Å²) in [4.78, 5) is 0. The minimum absolute atomic E-state index is 0.156. The summed E-state index contributed by atoms with van der Waals surface area (Å²) >= 11 is 0. The highest BCUT2D eigenvalue weighted by Gasteiger charge is 2.40. The Balaban J connectivity index is 2.91. The molecule has 0 saturated heterocycles. The van der Waals surface area contributed by atoms with Crippen molar-refractivity contribution in [2.45, 2.75) is 83.9 Å². The molecule has 0 radical (unpaired) electrons. The quantitative estimate of drug-likeness (QED) is 0.417. The van der Waals surface area contributed by atoms with Gasteiger partial charge >= 0.3 is 0 Å². The first-order chi connectivity index (χ1) is 12.1. The van der Waals surface area contributed by atoms with Gasteiger partial charge in [0.1, 0.15) is 11.9 Å². The van der Waals surface area contributed by atoms with E-state index in [9.17, 15) is 0 Å². The zero-order chi connectivity index (χ0) is 21.1. The molecule has 0 saturated carbocycles. The summed E-state index contributed by atoms with van der Waals surface area (Å²) in [5.74, 6) is 0.695. The van der Waals surface area contributed by atoms with Crippen LogP contribution in [0.25, 0.3) is 0 Å². The normalized spacial score (nSPS) is 13.9. The predicted octanol–water partition coefficient (Wildman–Crippen LogP) is 6.06. The van der Waals surface area contributed by atoms with E-state index in [-0.39, 0.29) is 16.2 Å². The van der Waals surface area contributed by atoms with E-state index in [1.54, 1.807) is 0 Å². The van der Waals surface area contributed by atoms with Crippen molar-refractivity contribution < 1.29 is 13.6 Å². The van der Waals surface area contributed by atoms with Crippen LogP contribution >= 0.6 is 0 Å². The molecule has 27 heavy (non-hydrogen) atoms. The Morgan fingerprint density at radius 1 is 0.815 bits per heavy atom. The maximum absolute atomic E-state index is 6.43. The van der Waals surface area contributed by atoms with E-state index in [4.69, 9.17) is 19.3 Å². The molecule has 0 aliphatic rings. The SMILES string of the molecule is CC(C)(C)[Si](C)(C)OCC(CO[Si](C)(C)C(C)(C)C)Oc1ccccc1N. The maximum atomic E-state index is 6.43. The van der Waals surface area contributed by atoms with E-state index in [0.29, 0.717) is 24.7 Å². The average Bonchev–Trinajstić information content (AvgIpc) is 2.49. The summed E-state index contributed by atoms with van der Waals surface area (Å²) in [6.45, 7) is 23.5. The van der Waals surface area contributed by atoms with Crippen LogP contribution in [0.2, 0.25) is 36.3 Å². The van der Waals surface area contributed by atoms with Crippen molar-refractivity contribution in [3.05, 3.63) is 24.3 Å². The molecular weight excluding hydrogens is 370 g/mol. The Labute approximate surface area is 169 Å². The molecule has 0 aromatic heterocycles.